The van der Waals surface area contributed by atoms with Gasteiger partial charge in [0.1, 0.15) is 0 Å². The van der Waals surface area contributed by atoms with Crippen LogP contribution in [0, 0.1) is 0 Å². The summed E-state index contributed by atoms with van der Waals surface area (Å²) < 4.78 is 1.50. The third kappa shape index (κ3) is 1.45. The molecule has 14 heavy (non-hydrogen) atoms. The average molecular weight is 228 g/mol. The first-order valence-electron chi connectivity index (χ1n) is 3.94. The molecule has 2 N–H and O–H groups in total. The maximum Gasteiger partial charge on any atom is 0.155 e. The zero-order chi connectivity index (χ0) is 10.1. The largest absolute Gasteiger partial charge is 0.395 e. The van der Waals surface area contributed by atoms with Crippen LogP contribution in [-0.4, -0.2) is 9.78 Å². The number of rotatable bonds is 1. The Morgan fingerprint density at radius 1 is 1.21 bits per heavy atom. The fourth-order valence-electron chi connectivity index (χ4n) is 1.14. The normalized spacial score (nSPS) is 10.4. The van der Waals surface area contributed by atoms with E-state index in [-0.39, 0.29) is 0 Å². The summed E-state index contributed by atoms with van der Waals surface area (Å²) in [4.78, 5) is 0. The van der Waals surface area contributed by atoms with E-state index in [1.807, 2.05) is 18.2 Å². The van der Waals surface area contributed by atoms with Gasteiger partial charge in [0.25, 0.3) is 0 Å². The highest BCUT2D eigenvalue weighted by molar-refractivity contribution is 6.34. The lowest BCUT2D eigenvalue weighted by Crippen LogP contribution is -1.97. The molecule has 0 aliphatic heterocycles. The lowest BCUT2D eigenvalue weighted by atomic mass is 10.3. The average Bonchev–Trinajstić information content (AvgIpc) is 2.49. The van der Waals surface area contributed by atoms with Crippen molar-refractivity contribution in [2.45, 2.75) is 0 Å². The number of nitrogens with zero attached hydrogens (tertiary/aromatic N) is 2. The number of hydrogen-bond donors (Lipinski definition) is 1. The monoisotopic (exact) mass is 227 g/mol. The second-order valence-electron chi connectivity index (χ2n) is 2.75. The van der Waals surface area contributed by atoms with Crippen LogP contribution in [0.15, 0.2) is 30.5 Å². The number of nitrogens with two attached hydrogens (primary N) is 1. The minimum Gasteiger partial charge on any atom is -0.395 e. The van der Waals surface area contributed by atoms with Crippen LogP contribution in [-0.2, 0) is 0 Å². The van der Waals surface area contributed by atoms with Crippen LogP contribution in [0.3, 0.4) is 0 Å². The molecule has 0 radical (unpaired) electrons. The van der Waals surface area contributed by atoms with Gasteiger partial charge in [-0.1, -0.05) is 35.3 Å². The number of halogens is 2. The third-order valence-corrected chi connectivity index (χ3v) is 2.52. The maximum absolute atomic E-state index is 5.98. The van der Waals surface area contributed by atoms with E-state index in [9.17, 15) is 0 Å². The minimum atomic E-state index is 0.373. The third-order valence-electron chi connectivity index (χ3n) is 1.82. The number of anilines is 1. The molecular formula is C9H7Cl2N3. The van der Waals surface area contributed by atoms with E-state index in [0.717, 1.165) is 5.69 Å². The molecule has 0 saturated heterocycles. The molecule has 0 unspecified atom stereocenters. The van der Waals surface area contributed by atoms with Crippen molar-refractivity contribution < 1.29 is 0 Å². The summed E-state index contributed by atoms with van der Waals surface area (Å²) in [6.07, 6.45) is 1.49. The SMILES string of the molecule is Nc1cnn(-c2ccccc2Cl)c1Cl. The van der Waals surface area contributed by atoms with Gasteiger partial charge in [0.2, 0.25) is 0 Å². The molecule has 2 rings (SSSR count). The lowest BCUT2D eigenvalue weighted by molar-refractivity contribution is 0.881. The standard InChI is InChI=1S/C9H7Cl2N3/c10-6-3-1-2-4-8(6)14-9(11)7(12)5-13-14/h1-5H,12H2. The topological polar surface area (TPSA) is 43.8 Å². The van der Waals surface area contributed by atoms with Crippen LogP contribution >= 0.6 is 23.2 Å². The van der Waals surface area contributed by atoms with Crippen molar-refractivity contribution in [1.29, 1.82) is 0 Å². The Morgan fingerprint density at radius 3 is 2.50 bits per heavy atom. The zero-order valence-corrected chi connectivity index (χ0v) is 8.63. The molecule has 72 valence electrons. The Morgan fingerprint density at radius 2 is 1.93 bits per heavy atom. The maximum atomic E-state index is 5.98. The summed E-state index contributed by atoms with van der Waals surface area (Å²) in [6, 6.07) is 7.29. The lowest BCUT2D eigenvalue weighted by Gasteiger charge is -2.04. The molecule has 0 fully saturated rings. The van der Waals surface area contributed by atoms with Gasteiger partial charge in [-0.3, -0.25) is 0 Å². The molecule has 0 amide bonds. The van der Waals surface area contributed by atoms with Gasteiger partial charge < -0.3 is 5.73 Å². The van der Waals surface area contributed by atoms with Crippen molar-refractivity contribution in [1.82, 2.24) is 9.78 Å². The Kier molecular flexibility index (Phi) is 2.35. The molecule has 0 bridgehead atoms. The molecule has 0 saturated carbocycles. The van der Waals surface area contributed by atoms with Crippen molar-refractivity contribution >= 4 is 28.9 Å². The van der Waals surface area contributed by atoms with Crippen LogP contribution in [0.5, 0.6) is 0 Å². The Balaban J connectivity index is 2.60. The first-order chi connectivity index (χ1) is 6.70. The highest BCUT2D eigenvalue weighted by atomic mass is 35.5. The first-order valence-corrected chi connectivity index (χ1v) is 4.69. The predicted octanol–water partition coefficient (Wildman–Crippen LogP) is 2.76. The Labute approximate surface area is 91.0 Å². The van der Waals surface area contributed by atoms with Crippen LogP contribution in [0.4, 0.5) is 5.69 Å². The fourth-order valence-corrected chi connectivity index (χ4v) is 1.54. The fraction of sp³-hybridized carbons (Fsp3) is 0. The number of hydrogen-bond acceptors (Lipinski definition) is 2. The quantitative estimate of drug-likeness (QED) is 0.815. The number of aromatic nitrogens is 2. The predicted molar refractivity (Wildman–Crippen MR) is 58.0 cm³/mol. The van der Waals surface area contributed by atoms with Crippen molar-refractivity contribution in [2.24, 2.45) is 0 Å². The van der Waals surface area contributed by atoms with E-state index in [1.54, 1.807) is 6.07 Å². The number of para-hydroxylation sites is 1. The highest BCUT2D eigenvalue weighted by Gasteiger charge is 2.09. The van der Waals surface area contributed by atoms with Crippen LogP contribution in [0.1, 0.15) is 0 Å². The van der Waals surface area contributed by atoms with Crippen molar-refractivity contribution in [3.63, 3.8) is 0 Å². The van der Waals surface area contributed by atoms with E-state index >= 15 is 0 Å². The zero-order valence-electron chi connectivity index (χ0n) is 7.11. The molecule has 0 spiro atoms. The smallest absolute Gasteiger partial charge is 0.155 e. The Bertz CT molecular complexity index is 465. The van der Waals surface area contributed by atoms with Gasteiger partial charge in [-0.05, 0) is 12.1 Å². The van der Waals surface area contributed by atoms with Gasteiger partial charge >= 0.3 is 0 Å². The summed E-state index contributed by atoms with van der Waals surface area (Å²) >= 11 is 11.9. The second-order valence-corrected chi connectivity index (χ2v) is 3.52. The molecule has 3 nitrogen and oxygen atoms in total. The van der Waals surface area contributed by atoms with E-state index in [0.29, 0.717) is 15.9 Å². The second kappa shape index (κ2) is 3.52. The molecule has 0 aliphatic carbocycles. The summed E-state index contributed by atoms with van der Waals surface area (Å²) in [5.74, 6) is 0. The molecule has 0 aliphatic rings. The van der Waals surface area contributed by atoms with Gasteiger partial charge in [0, 0.05) is 0 Å². The van der Waals surface area contributed by atoms with Gasteiger partial charge in [0.15, 0.2) is 5.15 Å². The minimum absolute atomic E-state index is 0.373. The van der Waals surface area contributed by atoms with Crippen molar-refractivity contribution in [3.8, 4) is 5.69 Å². The Hall–Kier alpha value is -1.19. The first kappa shape index (κ1) is 9.37. The van der Waals surface area contributed by atoms with Crippen LogP contribution in [0.25, 0.3) is 5.69 Å². The number of nitrogen functional groups attached to an aromatic ring is 1. The van der Waals surface area contributed by atoms with Gasteiger partial charge in [-0.15, -0.1) is 0 Å². The van der Waals surface area contributed by atoms with Gasteiger partial charge in [-0.2, -0.15) is 5.10 Å². The van der Waals surface area contributed by atoms with E-state index in [1.165, 1.54) is 10.9 Å². The molecule has 2 aromatic rings. The summed E-state index contributed by atoms with van der Waals surface area (Å²) in [5, 5.41) is 4.98. The van der Waals surface area contributed by atoms with Crippen LogP contribution in [0.2, 0.25) is 10.2 Å². The van der Waals surface area contributed by atoms with E-state index in [2.05, 4.69) is 5.10 Å². The molecule has 1 aromatic carbocycles. The summed E-state index contributed by atoms with van der Waals surface area (Å²) in [6.45, 7) is 0. The van der Waals surface area contributed by atoms with Gasteiger partial charge in [0.05, 0.1) is 22.6 Å². The molecule has 0 atom stereocenters. The van der Waals surface area contributed by atoms with E-state index in [4.69, 9.17) is 28.9 Å². The molecular weight excluding hydrogens is 221 g/mol. The molecule has 5 heteroatoms. The highest BCUT2D eigenvalue weighted by Crippen LogP contribution is 2.26. The molecule has 1 heterocycles. The molecule has 1 aromatic heterocycles. The summed E-state index contributed by atoms with van der Waals surface area (Å²) in [5.41, 5.74) is 6.72. The van der Waals surface area contributed by atoms with E-state index < -0.39 is 0 Å². The summed E-state index contributed by atoms with van der Waals surface area (Å²) in [7, 11) is 0. The van der Waals surface area contributed by atoms with Gasteiger partial charge in [-0.25, -0.2) is 4.68 Å². The van der Waals surface area contributed by atoms with Crippen molar-refractivity contribution in [3.05, 3.63) is 40.6 Å². The number of benzene rings is 1. The van der Waals surface area contributed by atoms with Crippen LogP contribution < -0.4 is 5.73 Å². The van der Waals surface area contributed by atoms with Crippen molar-refractivity contribution in [2.75, 3.05) is 5.73 Å².